The van der Waals surface area contributed by atoms with Crippen molar-refractivity contribution in [1.82, 2.24) is 24.8 Å². The van der Waals surface area contributed by atoms with E-state index in [0.717, 1.165) is 47.3 Å². The quantitative estimate of drug-likeness (QED) is 0.790. The van der Waals surface area contributed by atoms with E-state index in [0.29, 0.717) is 6.54 Å². The van der Waals surface area contributed by atoms with E-state index in [1.807, 2.05) is 55.1 Å². The fraction of sp³-hybridized carbons (Fsp3) is 0.300. The number of imidazole rings is 1. The van der Waals surface area contributed by atoms with Crippen LogP contribution in [0.5, 0.6) is 0 Å². The molecule has 1 fully saturated rings. The van der Waals surface area contributed by atoms with Gasteiger partial charge in [0.1, 0.15) is 11.5 Å². The Kier molecular flexibility index (Phi) is 4.24. The van der Waals surface area contributed by atoms with E-state index in [2.05, 4.69) is 19.9 Å². The molecule has 1 aliphatic rings. The van der Waals surface area contributed by atoms with Crippen molar-refractivity contribution in [3.8, 4) is 11.5 Å². The molecule has 1 aromatic carbocycles. The fourth-order valence-corrected chi connectivity index (χ4v) is 3.41. The van der Waals surface area contributed by atoms with Crippen molar-refractivity contribution in [1.29, 1.82) is 0 Å². The van der Waals surface area contributed by atoms with Gasteiger partial charge in [0.05, 0.1) is 0 Å². The first-order valence-corrected chi connectivity index (χ1v) is 8.82. The number of aromatic amines is 1. The first kappa shape index (κ1) is 16.4. The third kappa shape index (κ3) is 3.22. The van der Waals surface area contributed by atoms with E-state index in [-0.39, 0.29) is 11.8 Å². The first-order chi connectivity index (χ1) is 12.6. The van der Waals surface area contributed by atoms with Crippen molar-refractivity contribution in [3.05, 3.63) is 65.4 Å². The highest BCUT2D eigenvalue weighted by molar-refractivity contribution is 5.94. The minimum absolute atomic E-state index is 0.0840. The predicted octanol–water partition coefficient (Wildman–Crippen LogP) is 3.11. The normalized spacial score (nSPS) is 16.8. The Hall–Kier alpha value is -3.02. The van der Waals surface area contributed by atoms with Crippen LogP contribution in [0.15, 0.2) is 42.6 Å². The van der Waals surface area contributed by atoms with Crippen molar-refractivity contribution in [2.24, 2.45) is 0 Å². The number of likely N-dealkylation sites (tertiary alicyclic amines) is 1. The third-order valence-corrected chi connectivity index (χ3v) is 4.72. The van der Waals surface area contributed by atoms with Gasteiger partial charge < -0.3 is 9.88 Å². The summed E-state index contributed by atoms with van der Waals surface area (Å²) in [7, 11) is 0. The van der Waals surface area contributed by atoms with E-state index in [9.17, 15) is 4.79 Å². The maximum absolute atomic E-state index is 12.7. The maximum Gasteiger partial charge on any atom is 0.253 e. The zero-order valence-electron chi connectivity index (χ0n) is 14.9. The molecule has 0 unspecified atom stereocenters. The molecule has 1 atom stereocenters. The number of aromatic nitrogens is 4. The first-order valence-electron chi connectivity index (χ1n) is 8.82. The van der Waals surface area contributed by atoms with E-state index in [1.54, 1.807) is 6.20 Å². The van der Waals surface area contributed by atoms with E-state index >= 15 is 0 Å². The second-order valence-corrected chi connectivity index (χ2v) is 6.74. The summed E-state index contributed by atoms with van der Waals surface area (Å²) in [4.78, 5) is 31.3. The summed E-state index contributed by atoms with van der Waals surface area (Å²) in [5, 5.41) is 0. The van der Waals surface area contributed by atoms with Crippen molar-refractivity contribution in [2.45, 2.75) is 26.2 Å². The number of amides is 1. The fourth-order valence-electron chi connectivity index (χ4n) is 3.41. The number of nitrogens with zero attached hydrogens (tertiary/aromatic N) is 4. The van der Waals surface area contributed by atoms with Crippen LogP contribution in [0.4, 0.5) is 0 Å². The van der Waals surface area contributed by atoms with Crippen LogP contribution in [-0.4, -0.2) is 43.8 Å². The largest absolute Gasteiger partial charge is 0.341 e. The molecule has 6 nitrogen and oxygen atoms in total. The Labute approximate surface area is 152 Å². The molecule has 0 bridgehead atoms. The van der Waals surface area contributed by atoms with Gasteiger partial charge in [-0.25, -0.2) is 15.0 Å². The summed E-state index contributed by atoms with van der Waals surface area (Å²) in [5.41, 5.74) is 3.51. The second-order valence-electron chi connectivity index (χ2n) is 6.74. The second kappa shape index (κ2) is 6.71. The molecule has 4 rings (SSSR count). The number of carbonyl (C=O) groups is 1. The van der Waals surface area contributed by atoms with Gasteiger partial charge in [0.2, 0.25) is 0 Å². The summed E-state index contributed by atoms with van der Waals surface area (Å²) in [5.74, 6) is 1.78. The molecular formula is C20H21N5O. The highest BCUT2D eigenvalue weighted by atomic mass is 16.2. The Balaban J connectivity index is 1.55. The van der Waals surface area contributed by atoms with Crippen molar-refractivity contribution >= 4 is 5.91 Å². The van der Waals surface area contributed by atoms with Crippen LogP contribution in [-0.2, 0) is 0 Å². The molecule has 1 amide bonds. The molecule has 1 saturated heterocycles. The molecule has 1 aliphatic heterocycles. The average Bonchev–Trinajstić information content (AvgIpc) is 3.31. The van der Waals surface area contributed by atoms with Gasteiger partial charge in [-0.3, -0.25) is 4.79 Å². The van der Waals surface area contributed by atoms with E-state index < -0.39 is 0 Å². The third-order valence-electron chi connectivity index (χ3n) is 4.72. The van der Waals surface area contributed by atoms with Crippen LogP contribution in [0.2, 0.25) is 0 Å². The van der Waals surface area contributed by atoms with Crippen LogP contribution in [0.1, 0.15) is 39.9 Å². The number of H-pyrrole nitrogens is 1. The molecule has 1 N–H and O–H groups in total. The number of aryl methyl sites for hydroxylation is 2. The van der Waals surface area contributed by atoms with Crippen LogP contribution in [0, 0.1) is 13.8 Å². The van der Waals surface area contributed by atoms with Gasteiger partial charge in [0.15, 0.2) is 5.82 Å². The topological polar surface area (TPSA) is 74.8 Å². The minimum atomic E-state index is 0.0840. The zero-order chi connectivity index (χ0) is 18.1. The van der Waals surface area contributed by atoms with E-state index in [4.69, 9.17) is 0 Å². The van der Waals surface area contributed by atoms with E-state index in [1.165, 1.54) is 0 Å². The van der Waals surface area contributed by atoms with Gasteiger partial charge >= 0.3 is 0 Å². The molecule has 0 saturated carbocycles. The predicted molar refractivity (Wildman–Crippen MR) is 98.8 cm³/mol. The number of rotatable bonds is 3. The highest BCUT2D eigenvalue weighted by Crippen LogP contribution is 2.28. The summed E-state index contributed by atoms with van der Waals surface area (Å²) in [6.45, 7) is 5.29. The lowest BCUT2D eigenvalue weighted by Gasteiger charge is -2.17. The van der Waals surface area contributed by atoms with Crippen molar-refractivity contribution in [3.63, 3.8) is 0 Å². The molecule has 0 radical (unpaired) electrons. The molecule has 3 heterocycles. The zero-order valence-corrected chi connectivity index (χ0v) is 14.9. The van der Waals surface area contributed by atoms with Crippen LogP contribution in [0.25, 0.3) is 11.5 Å². The van der Waals surface area contributed by atoms with Crippen molar-refractivity contribution < 1.29 is 4.79 Å². The van der Waals surface area contributed by atoms with Crippen LogP contribution >= 0.6 is 0 Å². The number of benzene rings is 1. The molecular weight excluding hydrogens is 326 g/mol. The Bertz CT molecular complexity index is 934. The monoisotopic (exact) mass is 347 g/mol. The molecule has 26 heavy (non-hydrogen) atoms. The molecule has 0 spiro atoms. The smallest absolute Gasteiger partial charge is 0.253 e. The molecule has 0 aliphatic carbocycles. The minimum Gasteiger partial charge on any atom is -0.341 e. The SMILES string of the molecule is Cc1nc(-c2ncc(C)[nH]2)cc([C@@H]2CCN(C(=O)c3ccccc3)C2)n1. The molecule has 3 aromatic rings. The lowest BCUT2D eigenvalue weighted by atomic mass is 10.0. The molecule has 2 aromatic heterocycles. The Morgan fingerprint density at radius 1 is 1.19 bits per heavy atom. The Morgan fingerprint density at radius 2 is 2.00 bits per heavy atom. The summed E-state index contributed by atoms with van der Waals surface area (Å²) in [6, 6.07) is 11.4. The van der Waals surface area contributed by atoms with Crippen LogP contribution < -0.4 is 0 Å². The summed E-state index contributed by atoms with van der Waals surface area (Å²) < 4.78 is 0. The van der Waals surface area contributed by atoms with Crippen LogP contribution in [0.3, 0.4) is 0 Å². The maximum atomic E-state index is 12.7. The number of carbonyl (C=O) groups excluding carboxylic acids is 1. The number of hydrogen-bond donors (Lipinski definition) is 1. The summed E-state index contributed by atoms with van der Waals surface area (Å²) >= 11 is 0. The number of hydrogen-bond acceptors (Lipinski definition) is 4. The number of nitrogens with one attached hydrogen (secondary N) is 1. The van der Waals surface area contributed by atoms with Gasteiger partial charge in [-0.05, 0) is 38.5 Å². The van der Waals surface area contributed by atoms with Gasteiger partial charge in [0, 0.05) is 42.2 Å². The average molecular weight is 347 g/mol. The standard InChI is InChI=1S/C20H21N5O/c1-13-11-21-19(22-13)18-10-17(23-14(2)24-18)16-8-9-25(12-16)20(26)15-6-4-3-5-7-15/h3-7,10-11,16H,8-9,12H2,1-2H3,(H,21,22)/t16-/m1/s1. The van der Waals surface area contributed by atoms with Crippen molar-refractivity contribution in [2.75, 3.05) is 13.1 Å². The molecule has 132 valence electrons. The lowest BCUT2D eigenvalue weighted by molar-refractivity contribution is 0.0790. The Morgan fingerprint density at radius 3 is 2.73 bits per heavy atom. The molecule has 6 heteroatoms. The van der Waals surface area contributed by atoms with Gasteiger partial charge in [-0.2, -0.15) is 0 Å². The lowest BCUT2D eigenvalue weighted by Crippen LogP contribution is -2.28. The highest BCUT2D eigenvalue weighted by Gasteiger charge is 2.29. The van der Waals surface area contributed by atoms with Gasteiger partial charge in [-0.15, -0.1) is 0 Å². The van der Waals surface area contributed by atoms with Gasteiger partial charge in [0.25, 0.3) is 5.91 Å². The van der Waals surface area contributed by atoms with Gasteiger partial charge in [-0.1, -0.05) is 18.2 Å². The summed E-state index contributed by atoms with van der Waals surface area (Å²) in [6.07, 6.45) is 2.70.